The molecule has 1 atom stereocenters. The zero-order chi connectivity index (χ0) is 26.1. The van der Waals surface area contributed by atoms with Gasteiger partial charge in [0.2, 0.25) is 0 Å². The maximum atomic E-state index is 13.7. The minimum Gasteiger partial charge on any atom is -0.463 e. The number of allylic oxidation sites excluding steroid dienone is 1. The van der Waals surface area contributed by atoms with Gasteiger partial charge >= 0.3 is 5.97 Å². The van der Waals surface area contributed by atoms with Crippen LogP contribution in [0.5, 0.6) is 0 Å². The van der Waals surface area contributed by atoms with Gasteiger partial charge in [-0.15, -0.1) is 11.8 Å². The number of hydrogen-bond acceptors (Lipinski definition) is 7. The van der Waals surface area contributed by atoms with E-state index in [0.29, 0.717) is 32.1 Å². The molecular formula is C28H23BrN2O4S2. The third-order valence-corrected chi connectivity index (χ3v) is 8.18. The number of nitrogens with zero attached hydrogens (tertiary/aromatic N) is 2. The quantitative estimate of drug-likeness (QED) is 0.216. The van der Waals surface area contributed by atoms with E-state index in [0.717, 1.165) is 20.5 Å². The van der Waals surface area contributed by atoms with Gasteiger partial charge in [-0.25, -0.2) is 9.79 Å². The first-order chi connectivity index (χ1) is 17.9. The molecule has 37 heavy (non-hydrogen) atoms. The molecular weight excluding hydrogens is 572 g/mol. The van der Waals surface area contributed by atoms with Gasteiger partial charge in [-0.2, -0.15) is 0 Å². The summed E-state index contributed by atoms with van der Waals surface area (Å²) in [5.74, 6) is 0.789. The molecule has 0 unspecified atom stereocenters. The van der Waals surface area contributed by atoms with Crippen LogP contribution in [0.2, 0.25) is 0 Å². The molecule has 9 heteroatoms. The Kier molecular flexibility index (Phi) is 7.37. The fourth-order valence-electron chi connectivity index (χ4n) is 4.25. The first-order valence-corrected chi connectivity index (χ1v) is 14.4. The fourth-order valence-corrected chi connectivity index (χ4v) is 6.08. The molecule has 0 bridgehead atoms. The van der Waals surface area contributed by atoms with Gasteiger partial charge < -0.3 is 9.15 Å². The molecule has 0 amide bonds. The largest absolute Gasteiger partial charge is 0.463 e. The summed E-state index contributed by atoms with van der Waals surface area (Å²) < 4.78 is 14.4. The number of halogens is 1. The number of furan rings is 1. The van der Waals surface area contributed by atoms with E-state index >= 15 is 0 Å². The zero-order valence-electron chi connectivity index (χ0n) is 20.4. The van der Waals surface area contributed by atoms with E-state index in [1.807, 2.05) is 66.9 Å². The molecule has 0 saturated heterocycles. The number of thioether (sulfide) groups is 1. The Hall–Kier alpha value is -3.14. The Morgan fingerprint density at radius 3 is 2.70 bits per heavy atom. The number of hydrogen-bond donors (Lipinski definition) is 0. The molecule has 188 valence electrons. The highest BCUT2D eigenvalue weighted by Gasteiger charge is 2.33. The zero-order valence-corrected chi connectivity index (χ0v) is 23.6. The lowest BCUT2D eigenvalue weighted by Crippen LogP contribution is -2.39. The van der Waals surface area contributed by atoms with Crippen LogP contribution >= 0.6 is 39.0 Å². The summed E-state index contributed by atoms with van der Waals surface area (Å²) in [6, 6.07) is 18.8. The maximum Gasteiger partial charge on any atom is 0.338 e. The van der Waals surface area contributed by atoms with Crippen LogP contribution in [0, 0.1) is 0 Å². The summed E-state index contributed by atoms with van der Waals surface area (Å²) in [7, 11) is 0. The Morgan fingerprint density at radius 2 is 2.00 bits per heavy atom. The van der Waals surface area contributed by atoms with E-state index < -0.39 is 12.0 Å². The molecule has 1 aliphatic heterocycles. The van der Waals surface area contributed by atoms with E-state index in [1.165, 1.54) is 11.3 Å². The van der Waals surface area contributed by atoms with Gasteiger partial charge in [0, 0.05) is 21.0 Å². The molecule has 0 N–H and O–H groups in total. The summed E-state index contributed by atoms with van der Waals surface area (Å²) in [4.78, 5) is 33.0. The summed E-state index contributed by atoms with van der Waals surface area (Å²) in [6.45, 7) is 3.78. The number of rotatable bonds is 6. The van der Waals surface area contributed by atoms with Crippen LogP contribution in [0.15, 0.2) is 95.5 Å². The van der Waals surface area contributed by atoms with Crippen molar-refractivity contribution in [3.05, 3.63) is 107 Å². The molecule has 3 heterocycles. The van der Waals surface area contributed by atoms with Gasteiger partial charge in [-0.3, -0.25) is 9.36 Å². The molecule has 0 aliphatic carbocycles. The topological polar surface area (TPSA) is 73.8 Å². The lowest BCUT2D eigenvalue weighted by Gasteiger charge is -2.24. The normalized spacial score (nSPS) is 15.5. The summed E-state index contributed by atoms with van der Waals surface area (Å²) in [5.41, 5.74) is 2.42. The third-order valence-electron chi connectivity index (χ3n) is 5.96. The average Bonchev–Trinajstić information content (AvgIpc) is 3.48. The number of aromatic nitrogens is 1. The van der Waals surface area contributed by atoms with Gasteiger partial charge in [0.15, 0.2) is 4.80 Å². The van der Waals surface area contributed by atoms with Crippen molar-refractivity contribution in [2.75, 3.05) is 12.9 Å². The number of fused-ring (bicyclic) bond motifs is 1. The molecule has 2 aromatic carbocycles. The van der Waals surface area contributed by atoms with E-state index in [4.69, 9.17) is 9.15 Å². The van der Waals surface area contributed by atoms with Crippen LogP contribution in [0.4, 0.5) is 0 Å². The van der Waals surface area contributed by atoms with Gasteiger partial charge in [0.25, 0.3) is 5.56 Å². The van der Waals surface area contributed by atoms with Gasteiger partial charge in [0.1, 0.15) is 11.5 Å². The van der Waals surface area contributed by atoms with Crippen molar-refractivity contribution in [1.82, 2.24) is 4.57 Å². The maximum absolute atomic E-state index is 13.7. The third kappa shape index (κ3) is 5.03. The first-order valence-electron chi connectivity index (χ1n) is 11.6. The summed E-state index contributed by atoms with van der Waals surface area (Å²) in [6.07, 6.45) is 3.73. The second-order valence-corrected chi connectivity index (χ2v) is 11.1. The Balaban J connectivity index is 1.63. The number of thiazole rings is 1. The van der Waals surface area contributed by atoms with Gasteiger partial charge in [-0.1, -0.05) is 51.5 Å². The van der Waals surface area contributed by atoms with Crippen molar-refractivity contribution in [3.63, 3.8) is 0 Å². The molecule has 5 rings (SSSR count). The second kappa shape index (κ2) is 10.7. The SMILES string of the molecule is CCOC(=O)C1=C(C)N=c2sc(=Cc3ccc(-c4cccc(Br)c4)o3)c(=O)n2[C@H]1c1ccc(SC)cc1. The molecule has 0 fully saturated rings. The van der Waals surface area contributed by atoms with Crippen LogP contribution in [0.3, 0.4) is 0 Å². The molecule has 0 saturated carbocycles. The van der Waals surface area contributed by atoms with E-state index in [2.05, 4.69) is 20.9 Å². The predicted molar refractivity (Wildman–Crippen MR) is 150 cm³/mol. The minimum atomic E-state index is -0.637. The van der Waals surface area contributed by atoms with Crippen LogP contribution in [0.1, 0.15) is 31.2 Å². The van der Waals surface area contributed by atoms with Crippen molar-refractivity contribution in [1.29, 1.82) is 0 Å². The molecule has 1 aliphatic rings. The van der Waals surface area contributed by atoms with Crippen molar-refractivity contribution >= 4 is 51.1 Å². The number of carbonyl (C=O) groups is 1. The first kappa shape index (κ1) is 25.5. The number of esters is 1. The summed E-state index contributed by atoms with van der Waals surface area (Å²) in [5, 5.41) is 0. The van der Waals surface area contributed by atoms with E-state index in [9.17, 15) is 9.59 Å². The second-order valence-electron chi connectivity index (χ2n) is 8.29. The summed E-state index contributed by atoms with van der Waals surface area (Å²) >= 11 is 6.38. The van der Waals surface area contributed by atoms with Crippen LogP contribution in [-0.2, 0) is 9.53 Å². The molecule has 0 radical (unpaired) electrons. The number of carbonyl (C=O) groups excluding carboxylic acids is 1. The van der Waals surface area contributed by atoms with Crippen molar-refractivity contribution in [3.8, 4) is 11.3 Å². The van der Waals surface area contributed by atoms with Crippen molar-refractivity contribution in [2.45, 2.75) is 24.8 Å². The van der Waals surface area contributed by atoms with E-state index in [1.54, 1.807) is 36.3 Å². The number of benzene rings is 2. The van der Waals surface area contributed by atoms with Gasteiger partial charge in [0.05, 0.1) is 28.5 Å². The predicted octanol–water partition coefficient (Wildman–Crippen LogP) is 5.54. The Labute approximate surface area is 230 Å². The minimum absolute atomic E-state index is 0.233. The lowest BCUT2D eigenvalue weighted by molar-refractivity contribution is -0.139. The standard InChI is InChI=1S/C28H23BrN2O4S2/c1-4-34-27(33)24-16(2)30-28-31(25(24)17-8-11-21(36-3)12-9-17)26(32)23(37-28)15-20-10-13-22(35-20)18-6-5-7-19(29)14-18/h5-15,25H,4H2,1-3H3/t25-/m0/s1. The van der Waals surface area contributed by atoms with Crippen molar-refractivity contribution in [2.24, 2.45) is 4.99 Å². The van der Waals surface area contributed by atoms with E-state index in [-0.39, 0.29) is 12.2 Å². The van der Waals surface area contributed by atoms with Gasteiger partial charge in [-0.05, 0) is 62.1 Å². The van der Waals surface area contributed by atoms with Crippen LogP contribution in [0.25, 0.3) is 17.4 Å². The Bertz CT molecular complexity index is 1700. The number of ether oxygens (including phenoxy) is 1. The monoisotopic (exact) mass is 594 g/mol. The van der Waals surface area contributed by atoms with Crippen molar-refractivity contribution < 1.29 is 13.9 Å². The highest BCUT2D eigenvalue weighted by molar-refractivity contribution is 9.10. The van der Waals surface area contributed by atoms with Crippen LogP contribution < -0.4 is 14.9 Å². The molecule has 0 spiro atoms. The Morgan fingerprint density at radius 1 is 1.22 bits per heavy atom. The highest BCUT2D eigenvalue weighted by atomic mass is 79.9. The molecule has 4 aromatic rings. The van der Waals surface area contributed by atoms with Crippen LogP contribution in [-0.4, -0.2) is 23.4 Å². The highest BCUT2D eigenvalue weighted by Crippen LogP contribution is 2.32. The smallest absolute Gasteiger partial charge is 0.338 e. The lowest BCUT2D eigenvalue weighted by atomic mass is 9.96. The molecule has 2 aromatic heterocycles. The average molecular weight is 596 g/mol. The molecule has 6 nitrogen and oxygen atoms in total. The fraction of sp³-hybridized carbons (Fsp3) is 0.179.